The molecule has 0 aromatic rings. The highest BCUT2D eigenvalue weighted by atomic mass is 19.1. The molecule has 1 rings (SSSR count). The molecule has 1 saturated carbocycles. The van der Waals surface area contributed by atoms with Crippen molar-refractivity contribution in [3.8, 4) is 0 Å². The second-order valence-corrected chi connectivity index (χ2v) is 7.77. The van der Waals surface area contributed by atoms with Gasteiger partial charge in [-0.05, 0) is 37.5 Å². The molecule has 1 aliphatic rings. The van der Waals surface area contributed by atoms with Gasteiger partial charge in [-0.15, -0.1) is 0 Å². The minimum absolute atomic E-state index is 0.168. The van der Waals surface area contributed by atoms with Crippen molar-refractivity contribution in [2.75, 3.05) is 7.11 Å². The van der Waals surface area contributed by atoms with E-state index in [1.807, 2.05) is 13.0 Å². The van der Waals surface area contributed by atoms with E-state index in [-0.39, 0.29) is 30.1 Å². The molecule has 0 spiro atoms. The molecule has 1 unspecified atom stereocenters. The van der Waals surface area contributed by atoms with Crippen molar-refractivity contribution in [2.45, 2.75) is 83.6 Å². The van der Waals surface area contributed by atoms with Gasteiger partial charge >= 0.3 is 5.97 Å². The lowest BCUT2D eigenvalue weighted by Gasteiger charge is -2.21. The molecule has 0 heterocycles. The maximum absolute atomic E-state index is 14.3. The van der Waals surface area contributed by atoms with E-state index in [1.54, 1.807) is 12.2 Å². The number of allylic oxidation sites excluding steroid dienone is 1. The molecule has 1 fully saturated rings. The zero-order valence-corrected chi connectivity index (χ0v) is 17.0. The summed E-state index contributed by atoms with van der Waals surface area (Å²) in [5, 5.41) is 20.5. The van der Waals surface area contributed by atoms with Crippen LogP contribution in [0.1, 0.15) is 65.2 Å². The maximum atomic E-state index is 14.3. The molecule has 0 aliphatic heterocycles. The Bertz CT molecular complexity index is 477. The van der Waals surface area contributed by atoms with Gasteiger partial charge in [-0.2, -0.15) is 0 Å². The van der Waals surface area contributed by atoms with Crippen LogP contribution in [0.3, 0.4) is 0 Å². The summed E-state index contributed by atoms with van der Waals surface area (Å²) in [5.41, 5.74) is 0. The van der Waals surface area contributed by atoms with Gasteiger partial charge < -0.3 is 14.9 Å². The van der Waals surface area contributed by atoms with Crippen LogP contribution in [0, 0.1) is 17.8 Å². The number of aliphatic hydroxyl groups excluding tert-OH is 2. The number of aliphatic hydroxyl groups is 2. The fraction of sp³-hybridized carbons (Fsp3) is 0.773. The minimum atomic E-state index is -1.00. The third-order valence-electron chi connectivity index (χ3n) is 5.61. The molecule has 0 aromatic heterocycles. The van der Waals surface area contributed by atoms with Crippen LogP contribution in [-0.4, -0.2) is 41.7 Å². The molecule has 2 N–H and O–H groups in total. The predicted molar refractivity (Wildman–Crippen MR) is 106 cm³/mol. The SMILES string of the molecule is CCCCC(C)[C@@H](O)/C=C/[C@@H]1[C@@H](CCCC/C=C/C(=O)OC)[C@H](F)C[C@H]1O. The number of alkyl halides is 1. The monoisotopic (exact) mass is 384 g/mol. The van der Waals surface area contributed by atoms with Gasteiger partial charge in [0.1, 0.15) is 6.17 Å². The van der Waals surface area contributed by atoms with Crippen LogP contribution in [0.4, 0.5) is 4.39 Å². The van der Waals surface area contributed by atoms with Gasteiger partial charge in [-0.1, -0.05) is 51.3 Å². The van der Waals surface area contributed by atoms with Crippen LogP contribution in [0.15, 0.2) is 24.3 Å². The van der Waals surface area contributed by atoms with E-state index in [2.05, 4.69) is 11.7 Å². The van der Waals surface area contributed by atoms with Crippen molar-refractivity contribution in [3.05, 3.63) is 24.3 Å². The number of unbranched alkanes of at least 4 members (excludes halogenated alkanes) is 3. The van der Waals surface area contributed by atoms with Crippen molar-refractivity contribution in [1.82, 2.24) is 0 Å². The van der Waals surface area contributed by atoms with Crippen LogP contribution in [0.2, 0.25) is 0 Å². The van der Waals surface area contributed by atoms with Gasteiger partial charge in [0.2, 0.25) is 0 Å². The third-order valence-corrected chi connectivity index (χ3v) is 5.61. The summed E-state index contributed by atoms with van der Waals surface area (Å²) >= 11 is 0. The molecular weight excluding hydrogens is 347 g/mol. The molecule has 156 valence electrons. The summed E-state index contributed by atoms with van der Waals surface area (Å²) in [7, 11) is 1.34. The smallest absolute Gasteiger partial charge is 0.330 e. The Balaban J connectivity index is 2.48. The zero-order valence-electron chi connectivity index (χ0n) is 17.0. The number of rotatable bonds is 12. The summed E-state index contributed by atoms with van der Waals surface area (Å²) in [6, 6.07) is 0. The fourth-order valence-corrected chi connectivity index (χ4v) is 3.75. The van der Waals surface area contributed by atoms with Gasteiger partial charge in [0.15, 0.2) is 0 Å². The summed E-state index contributed by atoms with van der Waals surface area (Å²) in [4.78, 5) is 11.0. The minimum Gasteiger partial charge on any atom is -0.466 e. The Labute approximate surface area is 163 Å². The molecule has 0 bridgehead atoms. The fourth-order valence-electron chi connectivity index (χ4n) is 3.75. The van der Waals surface area contributed by atoms with Gasteiger partial charge in [0.05, 0.1) is 19.3 Å². The highest BCUT2D eigenvalue weighted by molar-refractivity contribution is 5.81. The normalized spacial score (nSPS) is 28.1. The molecule has 27 heavy (non-hydrogen) atoms. The number of carbonyl (C=O) groups excluding carboxylic acids is 1. The van der Waals surface area contributed by atoms with E-state index in [9.17, 15) is 19.4 Å². The first kappa shape index (κ1) is 23.8. The summed E-state index contributed by atoms with van der Waals surface area (Å²) in [6.45, 7) is 4.15. The van der Waals surface area contributed by atoms with Crippen molar-refractivity contribution >= 4 is 5.97 Å². The Morgan fingerprint density at radius 3 is 2.74 bits per heavy atom. The first-order chi connectivity index (χ1) is 12.9. The first-order valence-corrected chi connectivity index (χ1v) is 10.3. The zero-order chi connectivity index (χ0) is 20.2. The molecule has 0 radical (unpaired) electrons. The first-order valence-electron chi connectivity index (χ1n) is 10.3. The van der Waals surface area contributed by atoms with E-state index in [0.29, 0.717) is 6.42 Å². The van der Waals surface area contributed by atoms with E-state index in [1.165, 1.54) is 13.2 Å². The number of methoxy groups -OCH3 is 1. The van der Waals surface area contributed by atoms with Crippen LogP contribution < -0.4 is 0 Å². The van der Waals surface area contributed by atoms with Gasteiger partial charge in [-0.3, -0.25) is 0 Å². The maximum Gasteiger partial charge on any atom is 0.330 e. The lowest BCUT2D eigenvalue weighted by atomic mass is 9.87. The van der Waals surface area contributed by atoms with Crippen molar-refractivity contribution in [3.63, 3.8) is 0 Å². The Kier molecular flexibility index (Phi) is 11.5. The van der Waals surface area contributed by atoms with E-state index >= 15 is 0 Å². The number of hydrogen-bond donors (Lipinski definition) is 2. The third kappa shape index (κ3) is 8.56. The van der Waals surface area contributed by atoms with Gasteiger partial charge in [0, 0.05) is 18.4 Å². The van der Waals surface area contributed by atoms with Gasteiger partial charge in [-0.25, -0.2) is 9.18 Å². The largest absolute Gasteiger partial charge is 0.466 e. The van der Waals surface area contributed by atoms with Crippen LogP contribution >= 0.6 is 0 Å². The van der Waals surface area contributed by atoms with Crippen molar-refractivity contribution in [2.24, 2.45) is 17.8 Å². The average molecular weight is 385 g/mol. The molecule has 5 heteroatoms. The number of esters is 1. The molecule has 4 nitrogen and oxygen atoms in total. The number of carbonyl (C=O) groups is 1. The number of hydrogen-bond acceptors (Lipinski definition) is 4. The Morgan fingerprint density at radius 2 is 2.07 bits per heavy atom. The van der Waals surface area contributed by atoms with Crippen molar-refractivity contribution < 1.29 is 24.1 Å². The molecule has 0 saturated heterocycles. The van der Waals surface area contributed by atoms with E-state index in [0.717, 1.165) is 38.5 Å². The summed E-state index contributed by atoms with van der Waals surface area (Å²) in [6.07, 6.45) is 11.0. The standard InChI is InChI=1S/C22H37FO4/c1-4-5-10-16(2)20(24)14-13-18-17(19(23)15-21(18)25)11-8-6-7-9-12-22(26)27-3/h9,12-14,16-21,24-25H,4-8,10-11,15H2,1-3H3/b12-9+,14-13+/t16?,17-,18-,19-,20+,21-/m1/s1. The highest BCUT2D eigenvalue weighted by Crippen LogP contribution is 2.39. The Morgan fingerprint density at radius 1 is 1.33 bits per heavy atom. The molecule has 0 amide bonds. The van der Waals surface area contributed by atoms with Crippen LogP contribution in [-0.2, 0) is 9.53 Å². The average Bonchev–Trinajstić information content (AvgIpc) is 2.92. The number of halogens is 1. The van der Waals surface area contributed by atoms with Crippen LogP contribution in [0.25, 0.3) is 0 Å². The van der Waals surface area contributed by atoms with Crippen molar-refractivity contribution in [1.29, 1.82) is 0 Å². The quantitative estimate of drug-likeness (QED) is 0.227. The summed E-state index contributed by atoms with van der Waals surface area (Å²) < 4.78 is 18.9. The molecule has 0 aromatic carbocycles. The predicted octanol–water partition coefficient (Wildman–Crippen LogP) is 4.35. The van der Waals surface area contributed by atoms with Gasteiger partial charge in [0.25, 0.3) is 0 Å². The second kappa shape index (κ2) is 13.1. The number of ether oxygens (including phenoxy) is 1. The highest BCUT2D eigenvalue weighted by Gasteiger charge is 2.40. The lowest BCUT2D eigenvalue weighted by Crippen LogP contribution is -2.21. The van der Waals surface area contributed by atoms with E-state index in [4.69, 9.17) is 0 Å². The molecule has 6 atom stereocenters. The lowest BCUT2D eigenvalue weighted by molar-refractivity contribution is -0.134. The van der Waals surface area contributed by atoms with Crippen LogP contribution in [0.5, 0.6) is 0 Å². The summed E-state index contributed by atoms with van der Waals surface area (Å²) in [5.74, 6) is -0.645. The molecular formula is C22H37FO4. The van der Waals surface area contributed by atoms with E-state index < -0.39 is 18.4 Å². The Hall–Kier alpha value is -1.20. The molecule has 1 aliphatic carbocycles. The second-order valence-electron chi connectivity index (χ2n) is 7.77. The topological polar surface area (TPSA) is 66.8 Å².